The predicted molar refractivity (Wildman–Crippen MR) is 205 cm³/mol. The highest BCUT2D eigenvalue weighted by molar-refractivity contribution is 5.96. The Labute approximate surface area is 337 Å². The Morgan fingerprint density at radius 3 is 2.48 bits per heavy atom. The molecule has 5 fully saturated rings. The maximum absolute atomic E-state index is 15.5. The first-order valence-electron chi connectivity index (χ1n) is 20.3. The summed E-state index contributed by atoms with van der Waals surface area (Å²) in [5, 5.41) is 23.7. The van der Waals surface area contributed by atoms with Crippen LogP contribution in [0.25, 0.3) is 6.08 Å². The van der Waals surface area contributed by atoms with E-state index < -0.39 is 89.7 Å². The second kappa shape index (κ2) is 16.0. The zero-order chi connectivity index (χ0) is 40.8. The molecule has 4 heterocycles. The Morgan fingerprint density at radius 1 is 1.03 bits per heavy atom. The van der Waals surface area contributed by atoms with Crippen LogP contribution in [0.2, 0.25) is 0 Å². The lowest BCUT2D eigenvalue weighted by Gasteiger charge is -2.50. The Bertz CT molecular complexity index is 1910. The fraction of sp³-hybridized carbons (Fsp3) is 0.581. The van der Waals surface area contributed by atoms with Crippen molar-refractivity contribution >= 4 is 29.8 Å². The number of amides is 2. The van der Waals surface area contributed by atoms with Gasteiger partial charge in [0.25, 0.3) is 0 Å². The van der Waals surface area contributed by atoms with E-state index in [1.54, 1.807) is 31.7 Å². The third-order valence-electron chi connectivity index (χ3n) is 12.1. The number of hydrogen-bond acceptors (Lipinski definition) is 13. The van der Waals surface area contributed by atoms with Crippen LogP contribution in [0.1, 0.15) is 75.1 Å². The van der Waals surface area contributed by atoms with E-state index >= 15 is 4.79 Å². The van der Waals surface area contributed by atoms with E-state index in [0.29, 0.717) is 25.7 Å². The van der Waals surface area contributed by atoms with Gasteiger partial charge >= 0.3 is 11.9 Å². The second-order valence-corrected chi connectivity index (χ2v) is 17.2. The zero-order valence-corrected chi connectivity index (χ0v) is 33.2. The molecule has 2 aromatic carbocycles. The average molecular weight is 804 g/mol. The van der Waals surface area contributed by atoms with Crippen molar-refractivity contribution in [3.63, 3.8) is 0 Å². The van der Waals surface area contributed by atoms with Crippen LogP contribution in [0, 0.1) is 5.41 Å². The molecule has 1 spiro atoms. The van der Waals surface area contributed by atoms with Gasteiger partial charge in [0.1, 0.15) is 48.1 Å². The lowest BCUT2D eigenvalue weighted by atomic mass is 9.62. The van der Waals surface area contributed by atoms with Gasteiger partial charge in [0.05, 0.1) is 32.1 Å². The van der Waals surface area contributed by atoms with E-state index in [0.717, 1.165) is 22.3 Å². The lowest BCUT2D eigenvalue weighted by Crippen LogP contribution is -2.70. The average Bonchev–Trinajstić information content (AvgIpc) is 3.98. The van der Waals surface area contributed by atoms with Crippen molar-refractivity contribution in [3.05, 3.63) is 77.0 Å². The summed E-state index contributed by atoms with van der Waals surface area (Å²) in [5.74, 6) is -2.94. The molecule has 1 saturated carbocycles. The number of benzene rings is 2. The van der Waals surface area contributed by atoms with Crippen LogP contribution in [-0.4, -0.2) is 124 Å². The number of esters is 2. The van der Waals surface area contributed by atoms with Crippen LogP contribution in [-0.2, 0) is 67.1 Å². The van der Waals surface area contributed by atoms with E-state index in [4.69, 9.17) is 33.6 Å². The number of fused-ring (bicyclic) bond motifs is 5. The topological polar surface area (TPSA) is 183 Å². The van der Waals surface area contributed by atoms with Crippen molar-refractivity contribution in [1.29, 1.82) is 0 Å². The van der Waals surface area contributed by atoms with Gasteiger partial charge in [0, 0.05) is 32.2 Å². The third-order valence-corrected chi connectivity index (χ3v) is 12.1. The van der Waals surface area contributed by atoms with Gasteiger partial charge < -0.3 is 44.1 Å². The minimum Gasteiger partial charge on any atom is -0.499 e. The zero-order valence-electron chi connectivity index (χ0n) is 33.2. The van der Waals surface area contributed by atoms with Crippen molar-refractivity contribution in [2.75, 3.05) is 26.4 Å². The van der Waals surface area contributed by atoms with Gasteiger partial charge in [-0.2, -0.15) is 5.06 Å². The molecule has 3 N–H and O–H groups in total. The van der Waals surface area contributed by atoms with E-state index in [9.17, 15) is 19.5 Å². The molecular formula is C43H53N3O12. The Morgan fingerprint density at radius 2 is 1.76 bits per heavy atom. The number of nitrogens with zero attached hydrogens (tertiary/aromatic N) is 2. The van der Waals surface area contributed by atoms with Gasteiger partial charge in [0.2, 0.25) is 11.8 Å². The molecule has 15 heteroatoms. The van der Waals surface area contributed by atoms with Gasteiger partial charge in [-0.3, -0.25) is 24.0 Å². The highest BCUT2D eigenvalue weighted by Gasteiger charge is 2.77. The molecule has 312 valence electrons. The van der Waals surface area contributed by atoms with Crippen LogP contribution in [0.15, 0.2) is 54.8 Å². The highest BCUT2D eigenvalue weighted by Crippen LogP contribution is 2.59. The fourth-order valence-corrected chi connectivity index (χ4v) is 9.73. The summed E-state index contributed by atoms with van der Waals surface area (Å²) >= 11 is 0. The fourth-order valence-electron chi connectivity index (χ4n) is 9.73. The Balaban J connectivity index is 1.09. The molecule has 6 aliphatic rings. The van der Waals surface area contributed by atoms with E-state index in [-0.39, 0.29) is 45.6 Å². The summed E-state index contributed by atoms with van der Waals surface area (Å²) in [7, 11) is 0. The molecule has 2 bridgehead atoms. The maximum Gasteiger partial charge on any atom is 0.327 e. The van der Waals surface area contributed by atoms with Gasteiger partial charge in [-0.15, -0.1) is 0 Å². The number of carbonyl (C=O) groups excluding carboxylic acids is 4. The van der Waals surface area contributed by atoms with E-state index in [1.807, 2.05) is 48.5 Å². The summed E-state index contributed by atoms with van der Waals surface area (Å²) in [5.41, 5.74) is 1.60. The number of nitrogens with one attached hydrogen (secondary N) is 1. The molecule has 58 heavy (non-hydrogen) atoms. The molecule has 2 aliphatic carbocycles. The number of rotatable bonds is 13. The molecule has 2 amide bonds. The highest BCUT2D eigenvalue weighted by atomic mass is 16.8. The molecular weight excluding hydrogens is 750 g/mol. The van der Waals surface area contributed by atoms with Crippen molar-refractivity contribution in [3.8, 4) is 0 Å². The minimum atomic E-state index is -1.49. The Kier molecular flexibility index (Phi) is 11.1. The van der Waals surface area contributed by atoms with Crippen LogP contribution in [0.5, 0.6) is 0 Å². The number of hydroxylamine groups is 2. The van der Waals surface area contributed by atoms with Crippen LogP contribution in [0.3, 0.4) is 0 Å². The summed E-state index contributed by atoms with van der Waals surface area (Å²) < 4.78 is 30.7. The number of aliphatic hydroxyl groups excluding tert-OH is 2. The number of aliphatic hydroxyl groups is 2. The van der Waals surface area contributed by atoms with Crippen molar-refractivity contribution in [1.82, 2.24) is 15.3 Å². The molecule has 4 saturated heterocycles. The predicted octanol–water partition coefficient (Wildman–Crippen LogP) is 2.34. The van der Waals surface area contributed by atoms with Crippen molar-refractivity contribution in [2.24, 2.45) is 5.41 Å². The number of likely N-dealkylation sites (tertiary alicyclic amines) is 1. The smallest absolute Gasteiger partial charge is 0.327 e. The van der Waals surface area contributed by atoms with Crippen molar-refractivity contribution in [2.45, 2.75) is 126 Å². The maximum atomic E-state index is 15.5. The van der Waals surface area contributed by atoms with E-state index in [1.165, 1.54) is 11.3 Å². The third kappa shape index (κ3) is 7.52. The number of carbonyl (C=O) groups is 4. The largest absolute Gasteiger partial charge is 0.499 e. The molecule has 0 radical (unpaired) electrons. The van der Waals surface area contributed by atoms with Crippen LogP contribution in [0.4, 0.5) is 0 Å². The summed E-state index contributed by atoms with van der Waals surface area (Å²) in [6.45, 7) is 5.27. The summed E-state index contributed by atoms with van der Waals surface area (Å²) in [4.78, 5) is 64.7. The van der Waals surface area contributed by atoms with Gasteiger partial charge in [-0.05, 0) is 68.4 Å². The quantitative estimate of drug-likeness (QED) is 0.153. The van der Waals surface area contributed by atoms with Crippen LogP contribution < -0.4 is 5.32 Å². The summed E-state index contributed by atoms with van der Waals surface area (Å²) in [6.07, 6.45) is 2.16. The molecule has 15 nitrogen and oxygen atoms in total. The van der Waals surface area contributed by atoms with E-state index in [2.05, 4.69) is 5.32 Å². The SMILES string of the molecule is CC(C)(C)OC(=O)CCC(CO)NC(=O)C1CCCN1C(=O)C12CC3OC(=O)C1N(Cc1ccccc1C=COCCO)OC2C1OC2(Cc4ccccc4C2)OC31. The molecule has 8 atom stereocenters. The number of ether oxygens (including phenoxy) is 5. The standard InChI is InChI=1S/C43H53N3O12/c1-41(2,3)55-33(49)15-14-30(25-48)44-38(50)31-13-8-17-45(31)40(52)43-23-32-34-35(57-42(56-34)21-27-10-5-6-11-28(27)22-42)37(43)58-46(36(43)39(51)54-32)24-29-12-7-4-9-26(29)16-19-53-20-18-47/h4-7,9-12,16,19,30-32,34-37,47-48H,8,13-15,17-18,20-25H2,1-3H3,(H,44,50). The van der Waals surface area contributed by atoms with Gasteiger partial charge in [-0.25, -0.2) is 0 Å². The first-order valence-corrected chi connectivity index (χ1v) is 20.3. The van der Waals surface area contributed by atoms with Gasteiger partial charge in [0.15, 0.2) is 11.8 Å². The molecule has 2 aromatic rings. The van der Waals surface area contributed by atoms with Gasteiger partial charge in [-0.1, -0.05) is 48.5 Å². The Hall–Kier alpha value is -4.38. The second-order valence-electron chi connectivity index (χ2n) is 17.2. The molecule has 4 aliphatic heterocycles. The van der Waals surface area contributed by atoms with Crippen LogP contribution >= 0.6 is 0 Å². The monoisotopic (exact) mass is 803 g/mol. The first-order chi connectivity index (χ1) is 27.8. The first kappa shape index (κ1) is 40.4. The molecule has 8 unspecified atom stereocenters. The molecule has 0 aromatic heterocycles. The molecule has 8 rings (SSSR count). The summed E-state index contributed by atoms with van der Waals surface area (Å²) in [6, 6.07) is 12.8. The minimum absolute atomic E-state index is 0.00889. The lowest BCUT2D eigenvalue weighted by molar-refractivity contribution is -0.218. The normalized spacial score (nSPS) is 29.9. The number of hydrogen-bond donors (Lipinski definition) is 3. The van der Waals surface area contributed by atoms with Crippen molar-refractivity contribution < 1.29 is 57.9 Å².